The first-order valence-electron chi connectivity index (χ1n) is 8.10. The Balaban J connectivity index is 1.53. The number of H-pyrrole nitrogens is 1. The van der Waals surface area contributed by atoms with Gasteiger partial charge in [0.15, 0.2) is 10.2 Å². The minimum atomic E-state index is -0.417. The van der Waals surface area contributed by atoms with E-state index in [1.807, 2.05) is 24.3 Å². The highest BCUT2D eigenvalue weighted by Gasteiger charge is 2.35. The van der Waals surface area contributed by atoms with Gasteiger partial charge in [0.05, 0.1) is 11.0 Å². The minimum Gasteiger partial charge on any atom is -0.450 e. The molecule has 2 aromatic heterocycles. The number of nitrogens with zero attached hydrogens (tertiary/aromatic N) is 2. The second-order valence-corrected chi connectivity index (χ2v) is 7.07. The van der Waals surface area contributed by atoms with E-state index < -0.39 is 6.03 Å². The molecule has 0 atom stereocenters. The number of aromatic nitrogens is 2. The Morgan fingerprint density at radius 2 is 2.00 bits per heavy atom. The Morgan fingerprint density at radius 3 is 2.73 bits per heavy atom. The summed E-state index contributed by atoms with van der Waals surface area (Å²) in [7, 11) is 0. The maximum absolute atomic E-state index is 12.3. The van der Waals surface area contributed by atoms with Crippen LogP contribution in [0, 0.1) is 0 Å². The Labute approximate surface area is 153 Å². The number of benzene rings is 1. The second kappa shape index (κ2) is 6.38. The molecule has 0 aliphatic carbocycles. The number of carbonyl (C=O) groups is 2. The lowest BCUT2D eigenvalue weighted by Gasteiger charge is -2.15. The third kappa shape index (κ3) is 2.99. The fourth-order valence-electron chi connectivity index (χ4n) is 2.70. The number of aromatic amines is 1. The predicted octanol–water partition coefficient (Wildman–Crippen LogP) is 3.61. The molecule has 1 aromatic carbocycles. The molecule has 0 radical (unpaired) electrons. The maximum atomic E-state index is 12.3. The molecule has 0 spiro atoms. The van der Waals surface area contributed by atoms with Crippen molar-refractivity contribution in [2.45, 2.75) is 30.1 Å². The Morgan fingerprint density at radius 1 is 1.19 bits per heavy atom. The summed E-state index contributed by atoms with van der Waals surface area (Å²) in [5.74, 6) is 0.130. The van der Waals surface area contributed by atoms with Crippen molar-refractivity contribution < 1.29 is 14.0 Å². The van der Waals surface area contributed by atoms with E-state index in [-0.39, 0.29) is 17.6 Å². The van der Waals surface area contributed by atoms with Crippen LogP contribution in [0.4, 0.5) is 4.79 Å². The number of amides is 3. The zero-order valence-electron chi connectivity index (χ0n) is 14.1. The second-order valence-electron chi connectivity index (χ2n) is 6.08. The van der Waals surface area contributed by atoms with E-state index in [2.05, 4.69) is 15.3 Å². The quantitative estimate of drug-likeness (QED) is 0.542. The number of carbonyl (C=O) groups excluding carboxylic acids is 2. The summed E-state index contributed by atoms with van der Waals surface area (Å²) in [6.45, 7) is 3.57. The molecule has 1 aliphatic heterocycles. The van der Waals surface area contributed by atoms with Gasteiger partial charge in [-0.25, -0.2) is 9.78 Å². The number of furan rings is 1. The van der Waals surface area contributed by atoms with Crippen molar-refractivity contribution in [2.24, 2.45) is 0 Å². The number of rotatable bonds is 4. The van der Waals surface area contributed by atoms with E-state index >= 15 is 0 Å². The third-order valence-corrected chi connectivity index (χ3v) is 4.69. The lowest BCUT2D eigenvalue weighted by Crippen LogP contribution is -2.36. The number of fused-ring (bicyclic) bond motifs is 1. The van der Waals surface area contributed by atoms with Gasteiger partial charge >= 0.3 is 6.03 Å². The molecule has 0 saturated carbocycles. The molecule has 1 aliphatic rings. The first-order chi connectivity index (χ1) is 12.5. The molecule has 3 heterocycles. The van der Waals surface area contributed by atoms with Crippen LogP contribution in [0.1, 0.15) is 19.6 Å². The topological polar surface area (TPSA) is 91.2 Å². The zero-order chi connectivity index (χ0) is 18.3. The number of hydrogen-bond donors (Lipinski definition) is 2. The average Bonchev–Trinajstić information content (AvgIpc) is 3.26. The molecule has 132 valence electrons. The summed E-state index contributed by atoms with van der Waals surface area (Å²) in [6, 6.07) is 10.7. The number of nitrogens with one attached hydrogen (secondary N) is 2. The van der Waals surface area contributed by atoms with Crippen LogP contribution >= 0.6 is 11.8 Å². The highest BCUT2D eigenvalue weighted by Crippen LogP contribution is 2.29. The molecule has 3 amide bonds. The molecule has 7 nitrogen and oxygen atoms in total. The average molecular weight is 368 g/mol. The highest BCUT2D eigenvalue weighted by molar-refractivity contribution is 7.99. The first-order valence-corrected chi connectivity index (χ1v) is 8.91. The van der Waals surface area contributed by atoms with E-state index in [1.54, 1.807) is 26.0 Å². The molecule has 3 aromatic rings. The van der Waals surface area contributed by atoms with Crippen molar-refractivity contribution in [3.63, 3.8) is 0 Å². The van der Waals surface area contributed by atoms with E-state index in [1.165, 1.54) is 22.7 Å². The van der Waals surface area contributed by atoms with Gasteiger partial charge in [-0.1, -0.05) is 12.1 Å². The molecular weight excluding hydrogens is 352 g/mol. The largest absolute Gasteiger partial charge is 0.450 e. The monoisotopic (exact) mass is 368 g/mol. The van der Waals surface area contributed by atoms with Crippen LogP contribution in [-0.4, -0.2) is 32.8 Å². The van der Waals surface area contributed by atoms with E-state index in [4.69, 9.17) is 4.42 Å². The molecule has 2 N–H and O–H groups in total. The Bertz CT molecular complexity index is 1000. The van der Waals surface area contributed by atoms with Crippen molar-refractivity contribution in [1.29, 1.82) is 0 Å². The number of imide groups is 1. The van der Waals surface area contributed by atoms with Gasteiger partial charge in [-0.2, -0.15) is 0 Å². The molecule has 1 fully saturated rings. The van der Waals surface area contributed by atoms with Gasteiger partial charge < -0.3 is 14.7 Å². The summed E-state index contributed by atoms with van der Waals surface area (Å²) in [5, 5.41) is 3.92. The predicted molar refractivity (Wildman–Crippen MR) is 97.4 cm³/mol. The summed E-state index contributed by atoms with van der Waals surface area (Å²) < 4.78 is 5.73. The molecular formula is C18H16N4O3S. The fraction of sp³-hybridized carbons (Fsp3) is 0.167. The Hall–Kier alpha value is -3.00. The minimum absolute atomic E-state index is 0.204. The van der Waals surface area contributed by atoms with Gasteiger partial charge in [-0.05, 0) is 49.9 Å². The van der Waals surface area contributed by atoms with Crippen LogP contribution in [-0.2, 0) is 4.79 Å². The lowest BCUT2D eigenvalue weighted by molar-refractivity contribution is -0.123. The summed E-state index contributed by atoms with van der Waals surface area (Å²) >= 11 is 1.35. The van der Waals surface area contributed by atoms with Crippen molar-refractivity contribution >= 4 is 40.8 Å². The normalized spacial score (nSPS) is 16.3. The smallest absolute Gasteiger partial charge is 0.329 e. The van der Waals surface area contributed by atoms with E-state index in [0.717, 1.165) is 16.2 Å². The van der Waals surface area contributed by atoms with E-state index in [0.29, 0.717) is 10.9 Å². The molecule has 0 unspecified atom stereocenters. The number of urea groups is 1. The van der Waals surface area contributed by atoms with Gasteiger partial charge in [-0.3, -0.25) is 9.69 Å². The molecule has 26 heavy (non-hydrogen) atoms. The molecule has 0 bridgehead atoms. The summed E-state index contributed by atoms with van der Waals surface area (Å²) in [4.78, 5) is 33.0. The fourth-order valence-corrected chi connectivity index (χ4v) is 3.47. The third-order valence-electron chi connectivity index (χ3n) is 3.88. The van der Waals surface area contributed by atoms with Gasteiger partial charge in [0, 0.05) is 12.1 Å². The lowest BCUT2D eigenvalue weighted by atomic mass is 10.3. The standard InChI is InChI=1S/C18H16N4O3S/c1-10(2)22-16(23)14(21-18(22)24)9-11-7-8-15(25-11)26-17-19-12-5-3-4-6-13(12)20-17/h3-10H,1-2H3,(H,19,20)(H,21,24). The van der Waals surface area contributed by atoms with Crippen molar-refractivity contribution in [1.82, 2.24) is 20.2 Å². The van der Waals surface area contributed by atoms with Gasteiger partial charge in [0.1, 0.15) is 11.5 Å². The van der Waals surface area contributed by atoms with Crippen molar-refractivity contribution in [2.75, 3.05) is 0 Å². The summed E-state index contributed by atoms with van der Waals surface area (Å²) in [5.41, 5.74) is 2.05. The van der Waals surface area contributed by atoms with Crippen LogP contribution in [0.3, 0.4) is 0 Å². The van der Waals surface area contributed by atoms with Gasteiger partial charge in [-0.15, -0.1) is 0 Å². The van der Waals surface area contributed by atoms with Crippen LogP contribution in [0.25, 0.3) is 17.1 Å². The number of para-hydroxylation sites is 2. The van der Waals surface area contributed by atoms with Crippen molar-refractivity contribution in [3.05, 3.63) is 47.9 Å². The number of imidazole rings is 1. The molecule has 8 heteroatoms. The van der Waals surface area contributed by atoms with Gasteiger partial charge in [0.2, 0.25) is 0 Å². The zero-order valence-corrected chi connectivity index (χ0v) is 15.0. The molecule has 4 rings (SSSR count). The number of hydrogen-bond acceptors (Lipinski definition) is 5. The highest BCUT2D eigenvalue weighted by atomic mass is 32.2. The van der Waals surface area contributed by atoms with Crippen molar-refractivity contribution in [3.8, 4) is 0 Å². The van der Waals surface area contributed by atoms with Gasteiger partial charge in [0.25, 0.3) is 5.91 Å². The molecule has 1 saturated heterocycles. The summed E-state index contributed by atoms with van der Waals surface area (Å²) in [6.07, 6.45) is 1.53. The van der Waals surface area contributed by atoms with Crippen LogP contribution < -0.4 is 5.32 Å². The maximum Gasteiger partial charge on any atom is 0.329 e. The van der Waals surface area contributed by atoms with Crippen LogP contribution in [0.2, 0.25) is 0 Å². The van der Waals surface area contributed by atoms with Crippen LogP contribution in [0.15, 0.2) is 56.8 Å². The van der Waals surface area contributed by atoms with E-state index in [9.17, 15) is 9.59 Å². The SMILES string of the molecule is CC(C)N1C(=O)NC(=Cc2ccc(Sc3nc4ccccc4[nH]3)o2)C1=O. The Kier molecular flexibility index (Phi) is 4.04. The van der Waals surface area contributed by atoms with Crippen LogP contribution in [0.5, 0.6) is 0 Å². The first kappa shape index (κ1) is 16.5.